The van der Waals surface area contributed by atoms with Crippen LogP contribution in [0.4, 0.5) is 5.69 Å². The third kappa shape index (κ3) is 9.25. The van der Waals surface area contributed by atoms with Crippen molar-refractivity contribution in [3.63, 3.8) is 0 Å². The van der Waals surface area contributed by atoms with Gasteiger partial charge in [0.05, 0.1) is 5.69 Å². The number of piperazine rings is 1. The number of carbonyl (C=O) groups excluding carboxylic acids is 4. The van der Waals surface area contributed by atoms with E-state index in [9.17, 15) is 19.2 Å². The smallest absolute Gasteiger partial charge is 0.270 e. The fraction of sp³-hybridized carbons (Fsp3) is 0.486. The average Bonchev–Trinajstić information content (AvgIpc) is 3.54. The van der Waals surface area contributed by atoms with Gasteiger partial charge in [0.1, 0.15) is 17.8 Å². The van der Waals surface area contributed by atoms with Crippen LogP contribution in [0.15, 0.2) is 60.9 Å². The van der Waals surface area contributed by atoms with Crippen LogP contribution in [0.2, 0.25) is 0 Å². The molecule has 1 saturated heterocycles. The molecule has 3 aromatic rings. The van der Waals surface area contributed by atoms with E-state index < -0.39 is 12.1 Å². The molecule has 2 atom stereocenters. The summed E-state index contributed by atoms with van der Waals surface area (Å²) < 4.78 is 1.49. The molecule has 0 radical (unpaired) electrons. The molecule has 3 N–H and O–H groups in total. The summed E-state index contributed by atoms with van der Waals surface area (Å²) in [6.07, 6.45) is 8.90. The number of nitrogens with one attached hydrogen (secondary N) is 3. The molecule has 250 valence electrons. The third-order valence-electron chi connectivity index (χ3n) is 9.16. The molecule has 1 aromatic carbocycles. The Labute approximate surface area is 276 Å². The fourth-order valence-corrected chi connectivity index (χ4v) is 6.42. The number of nitrogens with zero attached hydrogens (tertiary/aromatic N) is 5. The highest BCUT2D eigenvalue weighted by molar-refractivity contribution is 6.00. The van der Waals surface area contributed by atoms with E-state index in [1.165, 1.54) is 4.68 Å². The van der Waals surface area contributed by atoms with Gasteiger partial charge in [0.25, 0.3) is 5.91 Å². The summed E-state index contributed by atoms with van der Waals surface area (Å²) in [6, 6.07) is 13.5. The summed E-state index contributed by atoms with van der Waals surface area (Å²) in [5.74, 6) is -0.814. The minimum Gasteiger partial charge on any atom is -0.344 e. The van der Waals surface area contributed by atoms with Gasteiger partial charge in [0, 0.05) is 70.7 Å². The number of carbonyl (C=O) groups is 4. The van der Waals surface area contributed by atoms with Gasteiger partial charge in [-0.05, 0) is 54.7 Å². The van der Waals surface area contributed by atoms with Gasteiger partial charge in [-0.25, -0.2) is 0 Å². The molecule has 0 spiro atoms. The van der Waals surface area contributed by atoms with Crippen molar-refractivity contribution in [1.29, 1.82) is 0 Å². The molecule has 5 rings (SSSR count). The van der Waals surface area contributed by atoms with Gasteiger partial charge < -0.3 is 20.9 Å². The monoisotopic (exact) mass is 642 g/mol. The summed E-state index contributed by atoms with van der Waals surface area (Å²) in [7, 11) is 1.70. The first-order chi connectivity index (χ1) is 22.8. The zero-order chi connectivity index (χ0) is 33.2. The number of anilines is 1. The van der Waals surface area contributed by atoms with Gasteiger partial charge in [0.15, 0.2) is 0 Å². The molecule has 2 aromatic heterocycles. The van der Waals surface area contributed by atoms with Crippen LogP contribution in [0.1, 0.15) is 67.2 Å². The maximum Gasteiger partial charge on any atom is 0.270 e. The number of rotatable bonds is 12. The fourth-order valence-electron chi connectivity index (χ4n) is 6.42. The zero-order valence-electron chi connectivity index (χ0n) is 27.4. The number of aromatic nitrogens is 3. The van der Waals surface area contributed by atoms with E-state index in [2.05, 4.69) is 30.9 Å². The van der Waals surface area contributed by atoms with Crippen molar-refractivity contribution in [1.82, 2.24) is 35.2 Å². The number of pyridine rings is 1. The molecule has 1 saturated carbocycles. The Kier molecular flexibility index (Phi) is 11.7. The first kappa shape index (κ1) is 33.8. The van der Waals surface area contributed by atoms with Crippen LogP contribution in [0.5, 0.6) is 0 Å². The molecule has 3 heterocycles. The summed E-state index contributed by atoms with van der Waals surface area (Å²) in [6.45, 7) is 5.12. The van der Waals surface area contributed by atoms with Crippen LogP contribution in [-0.4, -0.2) is 86.5 Å². The minimum absolute atomic E-state index is 0.0472. The predicted molar refractivity (Wildman–Crippen MR) is 178 cm³/mol. The Morgan fingerprint density at radius 3 is 2.28 bits per heavy atom. The maximum absolute atomic E-state index is 13.6. The highest BCUT2D eigenvalue weighted by atomic mass is 16.2. The van der Waals surface area contributed by atoms with E-state index in [0.29, 0.717) is 30.9 Å². The quantitative estimate of drug-likeness (QED) is 0.276. The Morgan fingerprint density at radius 1 is 0.894 bits per heavy atom. The topological polar surface area (TPSA) is 142 Å². The van der Waals surface area contributed by atoms with Crippen LogP contribution < -0.4 is 16.0 Å². The lowest BCUT2D eigenvalue weighted by Crippen LogP contribution is -2.55. The highest BCUT2D eigenvalue weighted by Gasteiger charge is 2.32. The number of aryl methyl sites for hydroxylation is 1. The normalized spacial score (nSPS) is 17.0. The summed E-state index contributed by atoms with van der Waals surface area (Å²) in [4.78, 5) is 61.1. The number of hydrogen-bond acceptors (Lipinski definition) is 7. The van der Waals surface area contributed by atoms with E-state index in [-0.39, 0.29) is 36.0 Å². The van der Waals surface area contributed by atoms with E-state index in [1.54, 1.807) is 44.6 Å². The molecule has 12 nitrogen and oxygen atoms in total. The van der Waals surface area contributed by atoms with Crippen molar-refractivity contribution in [2.75, 3.05) is 31.5 Å². The zero-order valence-corrected chi connectivity index (χ0v) is 27.4. The predicted octanol–water partition coefficient (Wildman–Crippen LogP) is 2.91. The van der Waals surface area contributed by atoms with Gasteiger partial charge in [-0.2, -0.15) is 5.10 Å². The van der Waals surface area contributed by atoms with E-state index in [0.717, 1.165) is 63.0 Å². The molecule has 4 amide bonds. The molecule has 1 aliphatic carbocycles. The Balaban J connectivity index is 1.20. The number of benzene rings is 1. The van der Waals surface area contributed by atoms with E-state index >= 15 is 0 Å². The average molecular weight is 643 g/mol. The Hall–Kier alpha value is -4.58. The number of amides is 4. The Morgan fingerprint density at radius 2 is 1.64 bits per heavy atom. The Bertz CT molecular complexity index is 1500. The minimum atomic E-state index is -0.692. The largest absolute Gasteiger partial charge is 0.344 e. The third-order valence-corrected chi connectivity index (χ3v) is 9.16. The van der Waals surface area contributed by atoms with Crippen molar-refractivity contribution in [3.05, 3.63) is 77.9 Å². The van der Waals surface area contributed by atoms with Gasteiger partial charge in [0.2, 0.25) is 17.7 Å². The molecular weight excluding hydrogens is 596 g/mol. The van der Waals surface area contributed by atoms with Gasteiger partial charge in [-0.1, -0.05) is 44.4 Å². The van der Waals surface area contributed by atoms with Crippen LogP contribution >= 0.6 is 0 Å². The highest BCUT2D eigenvalue weighted by Crippen LogP contribution is 2.27. The van der Waals surface area contributed by atoms with E-state index in [1.807, 2.05) is 35.2 Å². The van der Waals surface area contributed by atoms with Crippen molar-refractivity contribution in [3.8, 4) is 0 Å². The molecular formula is C35H46N8O4. The maximum atomic E-state index is 13.6. The first-order valence-corrected chi connectivity index (χ1v) is 16.7. The first-order valence-electron chi connectivity index (χ1n) is 16.7. The number of hydrogen-bond donors (Lipinski definition) is 3. The standard InChI is InChI=1S/C35H46N8O4/c1-3-31(44)39-29(35(47)43-21-19-42(20-22-43)24-28-11-7-8-17-36-28)23-25-12-14-27(15-13-25)38-34(46)32(26-9-5-4-6-10-26)40-33(45)30-16-18-37-41(30)2/h7-8,11-18,26,29,32H,3-6,9-10,19-24H2,1-2H3,(H,38,46)(H,39,44)(H,40,45)/t29?,32-/m0/s1. The van der Waals surface area contributed by atoms with Gasteiger partial charge in [-0.15, -0.1) is 0 Å². The van der Waals surface area contributed by atoms with Gasteiger partial charge in [-0.3, -0.25) is 33.7 Å². The van der Waals surface area contributed by atoms with Gasteiger partial charge >= 0.3 is 0 Å². The van der Waals surface area contributed by atoms with Crippen molar-refractivity contribution in [2.45, 2.75) is 70.5 Å². The second-order valence-electron chi connectivity index (χ2n) is 12.5. The molecule has 47 heavy (non-hydrogen) atoms. The second kappa shape index (κ2) is 16.3. The molecule has 2 aliphatic rings. The van der Waals surface area contributed by atoms with Crippen LogP contribution in [0, 0.1) is 5.92 Å². The van der Waals surface area contributed by atoms with E-state index in [4.69, 9.17) is 0 Å². The summed E-state index contributed by atoms with van der Waals surface area (Å²) in [5, 5.41) is 13.0. The van der Waals surface area contributed by atoms with Crippen molar-refractivity contribution in [2.24, 2.45) is 13.0 Å². The molecule has 0 bridgehead atoms. The van der Waals surface area contributed by atoms with Crippen molar-refractivity contribution < 1.29 is 19.2 Å². The second-order valence-corrected chi connectivity index (χ2v) is 12.5. The molecule has 12 heteroatoms. The molecule has 2 fully saturated rings. The summed E-state index contributed by atoms with van der Waals surface area (Å²) >= 11 is 0. The van der Waals surface area contributed by atoms with Crippen LogP contribution in [-0.2, 0) is 34.4 Å². The lowest BCUT2D eigenvalue weighted by atomic mass is 9.83. The van der Waals surface area contributed by atoms with Crippen molar-refractivity contribution >= 4 is 29.3 Å². The summed E-state index contributed by atoms with van der Waals surface area (Å²) in [5.41, 5.74) is 2.85. The molecule has 1 aliphatic heterocycles. The van der Waals surface area contributed by atoms with Crippen LogP contribution in [0.3, 0.4) is 0 Å². The van der Waals surface area contributed by atoms with Crippen LogP contribution in [0.25, 0.3) is 0 Å². The molecule has 1 unspecified atom stereocenters. The SMILES string of the molecule is CCC(=O)NC(Cc1ccc(NC(=O)[C@@H](NC(=O)c2ccnn2C)C2CCCCC2)cc1)C(=O)N1CCN(Cc2ccccn2)CC1. The lowest BCUT2D eigenvalue weighted by molar-refractivity contribution is -0.138. The lowest BCUT2D eigenvalue weighted by Gasteiger charge is -2.36.